The number of carbonyl (C=O) groups is 2. The van der Waals surface area contributed by atoms with Gasteiger partial charge in [0.15, 0.2) is 0 Å². The number of furan rings is 1. The molecule has 0 fully saturated rings. The van der Waals surface area contributed by atoms with Gasteiger partial charge in [-0.1, -0.05) is 25.1 Å². The van der Waals surface area contributed by atoms with Gasteiger partial charge >= 0.3 is 0 Å². The van der Waals surface area contributed by atoms with Crippen LogP contribution in [0, 0.1) is 12.7 Å². The summed E-state index contributed by atoms with van der Waals surface area (Å²) < 4.78 is 25.1. The van der Waals surface area contributed by atoms with E-state index in [1.165, 1.54) is 6.07 Å². The van der Waals surface area contributed by atoms with Crippen molar-refractivity contribution in [1.29, 1.82) is 0 Å². The number of nitrogens with two attached hydrogens (primary N) is 1. The highest BCUT2D eigenvalue weighted by Gasteiger charge is 2.23. The number of hydrogen-bond donors (Lipinski definition) is 2. The Morgan fingerprint density at radius 2 is 2.00 bits per heavy atom. The summed E-state index contributed by atoms with van der Waals surface area (Å²) in [4.78, 5) is 24.1. The van der Waals surface area contributed by atoms with Crippen LogP contribution < -0.4 is 15.8 Å². The number of benzene rings is 2. The van der Waals surface area contributed by atoms with Gasteiger partial charge < -0.3 is 20.2 Å². The lowest BCUT2D eigenvalue weighted by Crippen LogP contribution is -2.44. The van der Waals surface area contributed by atoms with Crippen LogP contribution >= 0.6 is 0 Å². The van der Waals surface area contributed by atoms with Crippen molar-refractivity contribution in [3.05, 3.63) is 65.2 Å². The Labute approximate surface area is 161 Å². The second-order valence-electron chi connectivity index (χ2n) is 6.41. The minimum atomic E-state index is -0.766. The number of halogens is 1. The quantitative estimate of drug-likeness (QED) is 0.652. The molecule has 1 unspecified atom stereocenters. The molecular formula is C21H21FN2O4. The smallest absolute Gasteiger partial charge is 0.256 e. The third-order valence-electron chi connectivity index (χ3n) is 4.47. The molecule has 0 bridgehead atoms. The van der Waals surface area contributed by atoms with Gasteiger partial charge in [0.1, 0.15) is 35.6 Å². The SMILES string of the molecule is CCC(NC(=O)c1c(C)oc2ccc(OCc3ccccc3F)cc12)C(N)=O. The Hall–Kier alpha value is -3.35. The highest BCUT2D eigenvalue weighted by molar-refractivity contribution is 6.08. The Morgan fingerprint density at radius 3 is 2.68 bits per heavy atom. The third-order valence-corrected chi connectivity index (χ3v) is 4.47. The van der Waals surface area contributed by atoms with Crippen LogP contribution in [0.3, 0.4) is 0 Å². The number of ether oxygens (including phenoxy) is 1. The predicted molar refractivity (Wildman–Crippen MR) is 102 cm³/mol. The molecule has 146 valence electrons. The number of rotatable bonds is 7. The maximum atomic E-state index is 13.8. The fraction of sp³-hybridized carbons (Fsp3) is 0.238. The number of primary amides is 1. The molecule has 0 radical (unpaired) electrons. The van der Waals surface area contributed by atoms with Crippen molar-refractivity contribution in [3.8, 4) is 5.75 Å². The average molecular weight is 384 g/mol. The van der Waals surface area contributed by atoms with E-state index in [-0.39, 0.29) is 12.4 Å². The van der Waals surface area contributed by atoms with Gasteiger partial charge in [0.25, 0.3) is 5.91 Å². The molecule has 0 aliphatic carbocycles. The molecule has 3 N–H and O–H groups in total. The third kappa shape index (κ3) is 3.98. The topological polar surface area (TPSA) is 94.6 Å². The summed E-state index contributed by atoms with van der Waals surface area (Å²) in [7, 11) is 0. The maximum Gasteiger partial charge on any atom is 0.256 e. The van der Waals surface area contributed by atoms with Crippen LogP contribution in [0.1, 0.15) is 35.0 Å². The maximum absolute atomic E-state index is 13.8. The number of fused-ring (bicyclic) bond motifs is 1. The highest BCUT2D eigenvalue weighted by atomic mass is 19.1. The molecule has 2 aromatic carbocycles. The Kier molecular flexibility index (Phi) is 5.63. The van der Waals surface area contributed by atoms with Gasteiger partial charge in [0.2, 0.25) is 5.91 Å². The van der Waals surface area contributed by atoms with Gasteiger partial charge in [0, 0.05) is 10.9 Å². The molecule has 0 saturated heterocycles. The van der Waals surface area contributed by atoms with Gasteiger partial charge in [-0.3, -0.25) is 9.59 Å². The van der Waals surface area contributed by atoms with E-state index < -0.39 is 17.9 Å². The zero-order chi connectivity index (χ0) is 20.3. The van der Waals surface area contributed by atoms with Crippen molar-refractivity contribution in [2.75, 3.05) is 0 Å². The van der Waals surface area contributed by atoms with E-state index >= 15 is 0 Å². The number of nitrogens with one attached hydrogen (secondary N) is 1. The zero-order valence-corrected chi connectivity index (χ0v) is 15.6. The van der Waals surface area contributed by atoms with Crippen molar-refractivity contribution in [2.45, 2.75) is 32.9 Å². The van der Waals surface area contributed by atoms with E-state index in [4.69, 9.17) is 14.9 Å². The minimum absolute atomic E-state index is 0.0517. The molecular weight excluding hydrogens is 363 g/mol. The fourth-order valence-electron chi connectivity index (χ4n) is 2.95. The monoisotopic (exact) mass is 384 g/mol. The molecule has 0 aliphatic heterocycles. The lowest BCUT2D eigenvalue weighted by Gasteiger charge is -2.13. The minimum Gasteiger partial charge on any atom is -0.489 e. The molecule has 1 aromatic heterocycles. The second-order valence-corrected chi connectivity index (χ2v) is 6.41. The van der Waals surface area contributed by atoms with Gasteiger partial charge in [-0.05, 0) is 37.6 Å². The summed E-state index contributed by atoms with van der Waals surface area (Å²) in [6.45, 7) is 3.47. The van der Waals surface area contributed by atoms with Gasteiger partial charge in [-0.2, -0.15) is 0 Å². The van der Waals surface area contributed by atoms with Crippen LogP contribution in [0.5, 0.6) is 5.75 Å². The lowest BCUT2D eigenvalue weighted by molar-refractivity contribution is -0.119. The van der Waals surface area contributed by atoms with Crippen LogP contribution in [-0.4, -0.2) is 17.9 Å². The molecule has 3 rings (SSSR count). The molecule has 28 heavy (non-hydrogen) atoms. The fourth-order valence-corrected chi connectivity index (χ4v) is 2.95. The van der Waals surface area contributed by atoms with Crippen molar-refractivity contribution in [2.24, 2.45) is 5.73 Å². The molecule has 1 heterocycles. The molecule has 3 aromatic rings. The van der Waals surface area contributed by atoms with Crippen molar-refractivity contribution >= 4 is 22.8 Å². The lowest BCUT2D eigenvalue weighted by atomic mass is 10.1. The van der Waals surface area contributed by atoms with Gasteiger partial charge in [-0.25, -0.2) is 4.39 Å². The van der Waals surface area contributed by atoms with Crippen molar-refractivity contribution in [1.82, 2.24) is 5.32 Å². The van der Waals surface area contributed by atoms with Gasteiger partial charge in [-0.15, -0.1) is 0 Å². The van der Waals surface area contributed by atoms with Crippen LogP contribution in [0.15, 0.2) is 46.9 Å². The first-order valence-corrected chi connectivity index (χ1v) is 8.90. The van der Waals surface area contributed by atoms with Crippen LogP contribution in [-0.2, 0) is 11.4 Å². The Morgan fingerprint density at radius 1 is 1.25 bits per heavy atom. The largest absolute Gasteiger partial charge is 0.489 e. The number of carbonyl (C=O) groups excluding carboxylic acids is 2. The molecule has 0 aliphatic rings. The Bertz CT molecular complexity index is 1030. The molecule has 1 atom stereocenters. The number of aryl methyl sites for hydroxylation is 1. The van der Waals surface area contributed by atoms with E-state index in [0.717, 1.165) is 0 Å². The van der Waals surface area contributed by atoms with Crippen LogP contribution in [0.4, 0.5) is 4.39 Å². The first kappa shape index (κ1) is 19.4. The predicted octanol–water partition coefficient (Wildman–Crippen LogP) is 3.45. The first-order valence-electron chi connectivity index (χ1n) is 8.90. The van der Waals surface area contributed by atoms with Crippen molar-refractivity contribution in [3.63, 3.8) is 0 Å². The summed E-state index contributed by atoms with van der Waals surface area (Å²) in [5.41, 5.74) is 6.55. The van der Waals surface area contributed by atoms with E-state index in [1.54, 1.807) is 50.2 Å². The normalized spacial score (nSPS) is 12.0. The Balaban J connectivity index is 1.86. The van der Waals surface area contributed by atoms with Gasteiger partial charge in [0.05, 0.1) is 5.56 Å². The van der Waals surface area contributed by atoms with Crippen LogP contribution in [0.2, 0.25) is 0 Å². The summed E-state index contributed by atoms with van der Waals surface area (Å²) in [6, 6.07) is 10.6. The van der Waals surface area contributed by atoms with E-state index in [2.05, 4.69) is 5.32 Å². The molecule has 0 spiro atoms. The second kappa shape index (κ2) is 8.12. The molecule has 2 amide bonds. The molecule has 0 saturated carbocycles. The van der Waals surface area contributed by atoms with Crippen molar-refractivity contribution < 1.29 is 23.1 Å². The zero-order valence-electron chi connectivity index (χ0n) is 15.6. The highest BCUT2D eigenvalue weighted by Crippen LogP contribution is 2.29. The molecule has 6 nitrogen and oxygen atoms in total. The average Bonchev–Trinajstić information content (AvgIpc) is 3.00. The van der Waals surface area contributed by atoms with E-state index in [9.17, 15) is 14.0 Å². The first-order chi connectivity index (χ1) is 13.4. The number of amides is 2. The summed E-state index contributed by atoms with van der Waals surface area (Å²) >= 11 is 0. The van der Waals surface area contributed by atoms with Crippen LogP contribution in [0.25, 0.3) is 11.0 Å². The molecule has 7 heteroatoms. The summed E-state index contributed by atoms with van der Waals surface area (Å²) in [6.07, 6.45) is 0.382. The van der Waals surface area contributed by atoms with E-state index in [1.807, 2.05) is 0 Å². The number of hydrogen-bond acceptors (Lipinski definition) is 4. The standard InChI is InChI=1S/C21H21FN2O4/c1-3-17(20(23)25)24-21(26)19-12(2)28-18-9-8-14(10-15(18)19)27-11-13-6-4-5-7-16(13)22/h4-10,17H,3,11H2,1-2H3,(H2,23,25)(H,24,26). The van der Waals surface area contributed by atoms with E-state index in [0.29, 0.717) is 40.0 Å². The summed E-state index contributed by atoms with van der Waals surface area (Å²) in [5, 5.41) is 3.16. The summed E-state index contributed by atoms with van der Waals surface area (Å²) in [5.74, 6) is -0.520.